The third kappa shape index (κ3) is 2.02. The maximum Gasteiger partial charge on any atom is 0.408 e. The van der Waals surface area contributed by atoms with E-state index in [4.69, 9.17) is 5.73 Å². The minimum Gasteiger partial charge on any atom is -0.465 e. The number of aromatic nitrogens is 2. The van der Waals surface area contributed by atoms with Crippen molar-refractivity contribution in [2.45, 2.75) is 12.6 Å². The van der Waals surface area contributed by atoms with Gasteiger partial charge in [-0.1, -0.05) is 30.3 Å². The van der Waals surface area contributed by atoms with Gasteiger partial charge in [0.25, 0.3) is 5.91 Å². The van der Waals surface area contributed by atoms with Gasteiger partial charge in [0, 0.05) is 0 Å². The van der Waals surface area contributed by atoms with Gasteiger partial charge in [-0.05, 0) is 23.3 Å². The lowest BCUT2D eigenvalue weighted by atomic mass is 10.0. The quantitative estimate of drug-likeness (QED) is 0.671. The second-order valence-corrected chi connectivity index (χ2v) is 5.70. The number of rotatable bonds is 2. The minimum atomic E-state index is -1.02. The summed E-state index contributed by atoms with van der Waals surface area (Å²) < 4.78 is 0. The van der Waals surface area contributed by atoms with Crippen molar-refractivity contribution < 1.29 is 14.7 Å². The lowest BCUT2D eigenvalue weighted by Crippen LogP contribution is -2.29. The molecule has 0 saturated carbocycles. The molecule has 0 radical (unpaired) electrons. The van der Waals surface area contributed by atoms with Crippen molar-refractivity contribution in [1.82, 2.24) is 14.9 Å². The number of primary amides is 1. The summed E-state index contributed by atoms with van der Waals surface area (Å²) in [4.78, 5) is 32.2. The fourth-order valence-electron chi connectivity index (χ4n) is 3.24. The molecule has 7 nitrogen and oxygen atoms in total. The van der Waals surface area contributed by atoms with Crippen LogP contribution in [-0.4, -0.2) is 32.0 Å². The van der Waals surface area contributed by atoms with Crippen LogP contribution < -0.4 is 5.73 Å². The molecule has 1 aliphatic rings. The number of carbonyl (C=O) groups excluding carboxylic acids is 1. The largest absolute Gasteiger partial charge is 0.465 e. The lowest BCUT2D eigenvalue weighted by molar-refractivity contribution is 0.100. The second kappa shape index (κ2) is 5.09. The van der Waals surface area contributed by atoms with Crippen LogP contribution in [0.1, 0.15) is 33.4 Å². The third-order valence-corrected chi connectivity index (χ3v) is 4.30. The first-order valence-electron chi connectivity index (χ1n) is 7.42. The van der Waals surface area contributed by atoms with Crippen LogP contribution in [0, 0.1) is 0 Å². The van der Waals surface area contributed by atoms with Crippen LogP contribution >= 0.6 is 0 Å². The first kappa shape index (κ1) is 14.3. The number of benzene rings is 2. The van der Waals surface area contributed by atoms with Crippen LogP contribution in [0.4, 0.5) is 4.79 Å². The van der Waals surface area contributed by atoms with E-state index in [1.165, 1.54) is 4.90 Å². The number of carboxylic acid groups (broad SMARTS) is 1. The van der Waals surface area contributed by atoms with Gasteiger partial charge in [0.05, 0.1) is 17.6 Å². The molecule has 4 N–H and O–H groups in total. The third-order valence-electron chi connectivity index (χ3n) is 4.30. The van der Waals surface area contributed by atoms with Gasteiger partial charge in [0.2, 0.25) is 0 Å². The summed E-state index contributed by atoms with van der Waals surface area (Å²) in [5, 5.41) is 9.54. The van der Waals surface area contributed by atoms with Gasteiger partial charge in [0.1, 0.15) is 17.4 Å². The summed E-state index contributed by atoms with van der Waals surface area (Å²) in [6, 6.07) is 12.1. The molecule has 1 aromatic heterocycles. The molecule has 24 heavy (non-hydrogen) atoms. The fraction of sp³-hybridized carbons (Fsp3) is 0.118. The van der Waals surface area contributed by atoms with Crippen molar-refractivity contribution in [1.29, 1.82) is 0 Å². The zero-order chi connectivity index (χ0) is 16.8. The van der Waals surface area contributed by atoms with Crippen molar-refractivity contribution in [3.63, 3.8) is 0 Å². The number of nitrogens with one attached hydrogen (secondary N) is 1. The van der Waals surface area contributed by atoms with E-state index in [1.54, 1.807) is 18.2 Å². The summed E-state index contributed by atoms with van der Waals surface area (Å²) >= 11 is 0. The molecule has 1 aliphatic heterocycles. The number of H-pyrrole nitrogens is 1. The topological polar surface area (TPSA) is 112 Å². The first-order valence-corrected chi connectivity index (χ1v) is 7.42. The van der Waals surface area contributed by atoms with Gasteiger partial charge in [-0.15, -0.1) is 0 Å². The summed E-state index contributed by atoms with van der Waals surface area (Å²) in [5.41, 5.74) is 8.64. The van der Waals surface area contributed by atoms with E-state index in [9.17, 15) is 14.7 Å². The number of amides is 2. The molecule has 4 rings (SSSR count). The average molecular weight is 322 g/mol. The van der Waals surface area contributed by atoms with Gasteiger partial charge < -0.3 is 15.8 Å². The molecule has 2 amide bonds. The first-order chi connectivity index (χ1) is 11.6. The Morgan fingerprint density at radius 2 is 2.00 bits per heavy atom. The van der Waals surface area contributed by atoms with Gasteiger partial charge in [0.15, 0.2) is 0 Å². The van der Waals surface area contributed by atoms with E-state index in [0.29, 0.717) is 29.0 Å². The Morgan fingerprint density at radius 1 is 1.21 bits per heavy atom. The Hall–Kier alpha value is -3.35. The minimum absolute atomic E-state index is 0.301. The molecule has 0 spiro atoms. The van der Waals surface area contributed by atoms with Crippen LogP contribution in [0.2, 0.25) is 0 Å². The smallest absolute Gasteiger partial charge is 0.408 e. The fourth-order valence-corrected chi connectivity index (χ4v) is 3.24. The number of imidazole rings is 1. The molecule has 1 unspecified atom stereocenters. The van der Waals surface area contributed by atoms with E-state index < -0.39 is 18.0 Å². The lowest BCUT2D eigenvalue weighted by Gasteiger charge is -2.20. The Labute approximate surface area is 136 Å². The maximum absolute atomic E-state index is 11.7. The standard InChI is InChI=1S/C17H14N4O3/c18-15(22)11-6-3-7-12-13(11)20-16(19-12)14-10-5-2-1-4-9(10)8-21(14)17(23)24/h1-7,14H,8H2,(H2,18,22)(H,19,20)(H,23,24). The normalized spacial score (nSPS) is 16.3. The average Bonchev–Trinajstić information content (AvgIpc) is 3.15. The molecule has 120 valence electrons. The molecule has 2 heterocycles. The molecule has 1 atom stereocenters. The summed E-state index contributed by atoms with van der Waals surface area (Å²) in [7, 11) is 0. The number of nitrogens with zero attached hydrogens (tertiary/aromatic N) is 2. The number of para-hydroxylation sites is 1. The maximum atomic E-state index is 11.7. The Kier molecular flexibility index (Phi) is 3.02. The SMILES string of the molecule is NC(=O)c1cccc2[nH]c(C3c4ccccc4CN3C(=O)O)nc12. The number of hydrogen-bond acceptors (Lipinski definition) is 3. The molecular weight excluding hydrogens is 308 g/mol. The Balaban J connectivity index is 1.91. The van der Waals surface area contributed by atoms with Crippen LogP contribution in [0.5, 0.6) is 0 Å². The van der Waals surface area contributed by atoms with Crippen molar-refractivity contribution in [2.75, 3.05) is 0 Å². The Bertz CT molecular complexity index is 979. The van der Waals surface area contributed by atoms with Gasteiger partial charge >= 0.3 is 6.09 Å². The van der Waals surface area contributed by atoms with E-state index in [0.717, 1.165) is 11.1 Å². The number of carbonyl (C=O) groups is 2. The molecule has 7 heteroatoms. The second-order valence-electron chi connectivity index (χ2n) is 5.70. The van der Waals surface area contributed by atoms with Crippen molar-refractivity contribution in [3.8, 4) is 0 Å². The predicted molar refractivity (Wildman–Crippen MR) is 86.5 cm³/mol. The molecule has 0 saturated heterocycles. The highest BCUT2D eigenvalue weighted by Crippen LogP contribution is 2.38. The van der Waals surface area contributed by atoms with E-state index >= 15 is 0 Å². The number of nitrogens with two attached hydrogens (primary N) is 1. The molecule has 3 aromatic rings. The molecule has 0 fully saturated rings. The molecule has 2 aromatic carbocycles. The van der Waals surface area contributed by atoms with Crippen LogP contribution in [-0.2, 0) is 6.54 Å². The zero-order valence-corrected chi connectivity index (χ0v) is 12.6. The van der Waals surface area contributed by atoms with Gasteiger partial charge in [-0.3, -0.25) is 9.69 Å². The van der Waals surface area contributed by atoms with Gasteiger partial charge in [-0.2, -0.15) is 0 Å². The molecular formula is C17H14N4O3. The monoisotopic (exact) mass is 322 g/mol. The highest BCUT2D eigenvalue weighted by atomic mass is 16.4. The van der Waals surface area contributed by atoms with E-state index in [2.05, 4.69) is 9.97 Å². The summed E-state index contributed by atoms with van der Waals surface area (Å²) in [6.45, 7) is 0.301. The highest BCUT2D eigenvalue weighted by Gasteiger charge is 2.36. The molecule has 0 aliphatic carbocycles. The van der Waals surface area contributed by atoms with Crippen LogP contribution in [0.15, 0.2) is 42.5 Å². The van der Waals surface area contributed by atoms with E-state index in [-0.39, 0.29) is 0 Å². The zero-order valence-electron chi connectivity index (χ0n) is 12.6. The van der Waals surface area contributed by atoms with Crippen molar-refractivity contribution in [3.05, 3.63) is 65.0 Å². The Morgan fingerprint density at radius 3 is 2.75 bits per heavy atom. The number of fused-ring (bicyclic) bond motifs is 2. The summed E-state index contributed by atoms with van der Waals surface area (Å²) in [5.74, 6) is -0.0911. The predicted octanol–water partition coefficient (Wildman–Crippen LogP) is 2.24. The van der Waals surface area contributed by atoms with E-state index in [1.807, 2.05) is 24.3 Å². The van der Waals surface area contributed by atoms with Crippen molar-refractivity contribution in [2.24, 2.45) is 5.73 Å². The van der Waals surface area contributed by atoms with Gasteiger partial charge in [-0.25, -0.2) is 9.78 Å². The van der Waals surface area contributed by atoms with Crippen LogP contribution in [0.25, 0.3) is 11.0 Å². The van der Waals surface area contributed by atoms with Crippen molar-refractivity contribution >= 4 is 23.0 Å². The highest BCUT2D eigenvalue weighted by molar-refractivity contribution is 6.04. The summed E-state index contributed by atoms with van der Waals surface area (Å²) in [6.07, 6.45) is -1.02. The molecule has 0 bridgehead atoms. The number of hydrogen-bond donors (Lipinski definition) is 3. The van der Waals surface area contributed by atoms with Crippen LogP contribution in [0.3, 0.4) is 0 Å². The number of aromatic amines is 1.